The van der Waals surface area contributed by atoms with Gasteiger partial charge in [-0.25, -0.2) is 4.79 Å². The molecule has 0 saturated carbocycles. The second-order valence-electron chi connectivity index (χ2n) is 6.78. The highest BCUT2D eigenvalue weighted by molar-refractivity contribution is 5.93. The Labute approximate surface area is 163 Å². The number of hydrogen-bond donors (Lipinski definition) is 2. The second-order valence-corrected chi connectivity index (χ2v) is 6.78. The minimum atomic E-state index is -0.361. The van der Waals surface area contributed by atoms with Crippen LogP contribution in [0.1, 0.15) is 28.4 Å². The number of ether oxygens (including phenoxy) is 1. The minimum Gasteiger partial charge on any atom is -0.492 e. The molecule has 146 valence electrons. The first kappa shape index (κ1) is 19.6. The third-order valence-electron chi connectivity index (χ3n) is 4.52. The van der Waals surface area contributed by atoms with E-state index in [9.17, 15) is 9.59 Å². The molecule has 0 aliphatic heterocycles. The van der Waals surface area contributed by atoms with Gasteiger partial charge in [-0.05, 0) is 49.2 Å². The summed E-state index contributed by atoms with van der Waals surface area (Å²) in [6.07, 6.45) is 0. The van der Waals surface area contributed by atoms with Crippen LogP contribution in [0, 0.1) is 6.92 Å². The maximum atomic E-state index is 11.6. The maximum Gasteiger partial charge on any atom is 0.336 e. The van der Waals surface area contributed by atoms with E-state index in [0.29, 0.717) is 30.0 Å². The monoisotopic (exact) mass is 380 g/mol. The number of aryl methyl sites for hydroxylation is 1. The van der Waals surface area contributed by atoms with Gasteiger partial charge in [-0.3, -0.25) is 4.79 Å². The highest BCUT2D eigenvalue weighted by Crippen LogP contribution is 2.22. The first-order valence-electron chi connectivity index (χ1n) is 9.18. The molecule has 1 atom stereocenters. The van der Waals surface area contributed by atoms with Gasteiger partial charge >= 0.3 is 5.63 Å². The van der Waals surface area contributed by atoms with Gasteiger partial charge in [0.2, 0.25) is 0 Å². The van der Waals surface area contributed by atoms with E-state index in [1.165, 1.54) is 6.07 Å². The third kappa shape index (κ3) is 4.78. The Morgan fingerprint density at radius 1 is 1.14 bits per heavy atom. The van der Waals surface area contributed by atoms with E-state index in [1.54, 1.807) is 13.1 Å². The van der Waals surface area contributed by atoms with Crippen LogP contribution in [-0.2, 0) is 6.54 Å². The number of rotatable bonds is 7. The number of carbonyl (C=O) groups is 1. The normalized spacial score (nSPS) is 12.0. The van der Waals surface area contributed by atoms with Crippen molar-refractivity contribution in [3.05, 3.63) is 75.6 Å². The summed E-state index contributed by atoms with van der Waals surface area (Å²) in [5.41, 5.74) is 2.78. The lowest BCUT2D eigenvalue weighted by atomic mass is 10.1. The van der Waals surface area contributed by atoms with Crippen molar-refractivity contribution in [2.45, 2.75) is 26.4 Å². The molecule has 1 heterocycles. The minimum absolute atomic E-state index is 0.0947. The fourth-order valence-electron chi connectivity index (χ4n) is 2.89. The molecule has 1 aromatic heterocycles. The molecule has 0 aliphatic carbocycles. The van der Waals surface area contributed by atoms with Gasteiger partial charge in [0.15, 0.2) is 0 Å². The Balaban J connectivity index is 1.54. The van der Waals surface area contributed by atoms with Crippen molar-refractivity contribution in [2.75, 3.05) is 13.7 Å². The number of amides is 1. The molecule has 1 unspecified atom stereocenters. The number of nitrogens with one attached hydrogen (secondary N) is 2. The molecule has 1 amide bonds. The first-order chi connectivity index (χ1) is 13.5. The van der Waals surface area contributed by atoms with Crippen molar-refractivity contribution >= 4 is 16.9 Å². The van der Waals surface area contributed by atoms with E-state index in [2.05, 4.69) is 10.6 Å². The molecule has 0 radical (unpaired) electrons. The predicted molar refractivity (Wildman–Crippen MR) is 109 cm³/mol. The molecule has 0 bridgehead atoms. The van der Waals surface area contributed by atoms with Crippen molar-refractivity contribution in [1.29, 1.82) is 0 Å². The molecule has 2 N–H and O–H groups in total. The van der Waals surface area contributed by atoms with Crippen LogP contribution in [0.4, 0.5) is 0 Å². The highest BCUT2D eigenvalue weighted by Gasteiger charge is 2.07. The third-order valence-corrected chi connectivity index (χ3v) is 4.52. The van der Waals surface area contributed by atoms with Crippen LogP contribution < -0.4 is 21.0 Å². The second kappa shape index (κ2) is 8.71. The topological polar surface area (TPSA) is 80.6 Å². The van der Waals surface area contributed by atoms with Gasteiger partial charge < -0.3 is 19.8 Å². The Morgan fingerprint density at radius 3 is 2.61 bits per heavy atom. The van der Waals surface area contributed by atoms with Crippen LogP contribution in [0.15, 0.2) is 57.7 Å². The summed E-state index contributed by atoms with van der Waals surface area (Å²) in [5.74, 6) is 0.563. The summed E-state index contributed by atoms with van der Waals surface area (Å²) >= 11 is 0. The summed E-state index contributed by atoms with van der Waals surface area (Å²) in [5, 5.41) is 6.89. The van der Waals surface area contributed by atoms with Gasteiger partial charge in [0.25, 0.3) is 5.91 Å². The van der Waals surface area contributed by atoms with Crippen molar-refractivity contribution in [3.63, 3.8) is 0 Å². The Hall–Kier alpha value is -3.12. The number of benzene rings is 2. The van der Waals surface area contributed by atoms with E-state index in [-0.39, 0.29) is 17.6 Å². The van der Waals surface area contributed by atoms with Crippen molar-refractivity contribution in [2.24, 2.45) is 0 Å². The molecule has 3 aromatic rings. The smallest absolute Gasteiger partial charge is 0.336 e. The molecule has 3 rings (SSSR count). The zero-order valence-electron chi connectivity index (χ0n) is 16.2. The van der Waals surface area contributed by atoms with Crippen LogP contribution >= 0.6 is 0 Å². The number of hydrogen-bond acceptors (Lipinski definition) is 5. The molecular weight excluding hydrogens is 356 g/mol. The van der Waals surface area contributed by atoms with E-state index >= 15 is 0 Å². The van der Waals surface area contributed by atoms with Gasteiger partial charge in [0, 0.05) is 42.7 Å². The fraction of sp³-hybridized carbons (Fsp3) is 0.273. The van der Waals surface area contributed by atoms with Crippen LogP contribution in [0.25, 0.3) is 11.0 Å². The average Bonchev–Trinajstić information content (AvgIpc) is 2.70. The zero-order valence-corrected chi connectivity index (χ0v) is 16.2. The van der Waals surface area contributed by atoms with Gasteiger partial charge in [0.1, 0.15) is 17.9 Å². The molecule has 6 nitrogen and oxygen atoms in total. The Bertz CT molecular complexity index is 1020. The molecule has 0 fully saturated rings. The lowest BCUT2D eigenvalue weighted by Gasteiger charge is -2.15. The lowest BCUT2D eigenvalue weighted by Crippen LogP contribution is -2.31. The standard InChI is InChI=1S/C22H24N2O4/c1-14-10-21(25)28-20-11-18(8-9-19(14)20)27-13-15(2)24-12-16-4-6-17(7-5-16)22(26)23-3/h4-11,15,24H,12-13H2,1-3H3,(H,23,26). The predicted octanol–water partition coefficient (Wildman–Crippen LogP) is 3.02. The first-order valence-corrected chi connectivity index (χ1v) is 9.18. The van der Waals surface area contributed by atoms with E-state index in [0.717, 1.165) is 16.5 Å². The molecule has 6 heteroatoms. The molecule has 28 heavy (non-hydrogen) atoms. The molecule has 0 aliphatic rings. The van der Waals surface area contributed by atoms with Gasteiger partial charge in [-0.2, -0.15) is 0 Å². The maximum absolute atomic E-state index is 11.6. The van der Waals surface area contributed by atoms with E-state index in [1.807, 2.05) is 50.2 Å². The molecular formula is C22H24N2O4. The average molecular weight is 380 g/mol. The van der Waals surface area contributed by atoms with Crippen LogP contribution in [0.3, 0.4) is 0 Å². The molecule has 2 aromatic carbocycles. The van der Waals surface area contributed by atoms with Crippen molar-refractivity contribution < 1.29 is 13.9 Å². The van der Waals surface area contributed by atoms with Gasteiger partial charge in [0.05, 0.1) is 0 Å². The van der Waals surface area contributed by atoms with Gasteiger partial charge in [-0.15, -0.1) is 0 Å². The van der Waals surface area contributed by atoms with Gasteiger partial charge in [-0.1, -0.05) is 12.1 Å². The summed E-state index contributed by atoms with van der Waals surface area (Å²) in [6.45, 7) is 5.05. The van der Waals surface area contributed by atoms with E-state index in [4.69, 9.17) is 9.15 Å². The SMILES string of the molecule is CNC(=O)c1ccc(CNC(C)COc2ccc3c(C)cc(=O)oc3c2)cc1. The summed E-state index contributed by atoms with van der Waals surface area (Å²) in [4.78, 5) is 23.1. The lowest BCUT2D eigenvalue weighted by molar-refractivity contribution is 0.0963. The van der Waals surface area contributed by atoms with E-state index < -0.39 is 0 Å². The summed E-state index contributed by atoms with van der Waals surface area (Å²) in [6, 6.07) is 14.6. The number of fused-ring (bicyclic) bond motifs is 1. The van der Waals surface area contributed by atoms with Crippen LogP contribution in [0.5, 0.6) is 5.75 Å². The Kier molecular flexibility index (Phi) is 6.11. The largest absolute Gasteiger partial charge is 0.492 e. The molecule has 0 spiro atoms. The van der Waals surface area contributed by atoms with Crippen LogP contribution in [0.2, 0.25) is 0 Å². The van der Waals surface area contributed by atoms with Crippen molar-refractivity contribution in [1.82, 2.24) is 10.6 Å². The molecule has 0 saturated heterocycles. The quantitative estimate of drug-likeness (QED) is 0.616. The Morgan fingerprint density at radius 2 is 1.89 bits per heavy atom. The number of carbonyl (C=O) groups excluding carboxylic acids is 1. The summed E-state index contributed by atoms with van der Waals surface area (Å²) in [7, 11) is 1.61. The van der Waals surface area contributed by atoms with Crippen molar-refractivity contribution in [3.8, 4) is 5.75 Å². The summed E-state index contributed by atoms with van der Waals surface area (Å²) < 4.78 is 11.1. The van der Waals surface area contributed by atoms with Crippen LogP contribution in [-0.4, -0.2) is 25.6 Å². The fourth-order valence-corrected chi connectivity index (χ4v) is 2.89. The zero-order chi connectivity index (χ0) is 20.1. The highest BCUT2D eigenvalue weighted by atomic mass is 16.5.